The van der Waals surface area contributed by atoms with Crippen LogP contribution in [0.1, 0.15) is 412 Å². The highest BCUT2D eigenvalue weighted by molar-refractivity contribution is 5.71. The van der Waals surface area contributed by atoms with Gasteiger partial charge in [-0.25, -0.2) is 0 Å². The van der Waals surface area contributed by atoms with Crippen LogP contribution in [0.5, 0.6) is 0 Å². The fourth-order valence-corrected chi connectivity index (χ4v) is 11.2. The molecule has 6 heteroatoms. The maximum absolute atomic E-state index is 13.0. The van der Waals surface area contributed by atoms with Gasteiger partial charge in [-0.3, -0.25) is 14.4 Å². The number of allylic oxidation sites excluding steroid dienone is 2. The van der Waals surface area contributed by atoms with E-state index in [-0.39, 0.29) is 31.1 Å². The van der Waals surface area contributed by atoms with Gasteiger partial charge in [0, 0.05) is 19.3 Å². The highest BCUT2D eigenvalue weighted by atomic mass is 16.6. The average Bonchev–Trinajstić information content (AvgIpc) is 3.44. The van der Waals surface area contributed by atoms with Crippen molar-refractivity contribution in [1.29, 1.82) is 0 Å². The summed E-state index contributed by atoms with van der Waals surface area (Å²) in [6.07, 6.45) is 80.9. The summed E-state index contributed by atoms with van der Waals surface area (Å²) in [5.74, 6) is -0.827. The first-order valence-electron chi connectivity index (χ1n) is 35.7. The van der Waals surface area contributed by atoms with Gasteiger partial charge < -0.3 is 14.2 Å². The predicted octanol–water partition coefficient (Wildman–Crippen LogP) is 24.4. The average molecular weight is 1100 g/mol. The minimum Gasteiger partial charge on any atom is -0.462 e. The summed E-state index contributed by atoms with van der Waals surface area (Å²) in [5, 5.41) is 0. The van der Waals surface area contributed by atoms with Gasteiger partial charge in [-0.05, 0) is 44.9 Å². The van der Waals surface area contributed by atoms with E-state index in [0.29, 0.717) is 19.3 Å². The minimum atomic E-state index is -0.767. The molecule has 0 saturated heterocycles. The fourth-order valence-electron chi connectivity index (χ4n) is 11.2. The molecular formula is C72H138O6. The highest BCUT2D eigenvalue weighted by Crippen LogP contribution is 2.19. The summed E-state index contributed by atoms with van der Waals surface area (Å²) in [6, 6.07) is 0. The van der Waals surface area contributed by atoms with Gasteiger partial charge in [-0.15, -0.1) is 0 Å². The molecule has 0 aliphatic heterocycles. The third-order valence-electron chi connectivity index (χ3n) is 16.5. The van der Waals surface area contributed by atoms with E-state index in [1.165, 1.54) is 315 Å². The fraction of sp³-hybridized carbons (Fsp3) is 0.931. The van der Waals surface area contributed by atoms with Crippen LogP contribution in [0, 0.1) is 0 Å². The van der Waals surface area contributed by atoms with Crippen LogP contribution in [-0.4, -0.2) is 37.2 Å². The standard InChI is InChI=1S/C72H138O6/c1-4-7-10-13-16-19-22-25-28-31-34-36-39-41-44-47-50-53-56-59-62-65-71(74)77-68-69(67-76-70(73)64-61-58-55-52-49-46-43-40-37-33-30-27-24-21-18-15-12-9-6-3)78-72(75)66-63-60-57-54-51-48-45-42-38-35-32-29-26-23-20-17-14-11-8-5-2/h31,34,69H,4-30,32-33,35-68H2,1-3H3/b34-31-. The quantitative estimate of drug-likeness (QED) is 0.0261. The zero-order valence-corrected chi connectivity index (χ0v) is 53.2. The van der Waals surface area contributed by atoms with Crippen LogP contribution in [0.3, 0.4) is 0 Å². The molecule has 0 fully saturated rings. The molecule has 0 radical (unpaired) electrons. The number of hydrogen-bond donors (Lipinski definition) is 0. The summed E-state index contributed by atoms with van der Waals surface area (Å²) in [6.45, 7) is 6.74. The second kappa shape index (κ2) is 67.7. The molecule has 0 heterocycles. The molecule has 0 aromatic carbocycles. The topological polar surface area (TPSA) is 78.9 Å². The minimum absolute atomic E-state index is 0.0632. The zero-order valence-electron chi connectivity index (χ0n) is 53.2. The first-order chi connectivity index (χ1) is 38.5. The number of esters is 3. The monoisotopic (exact) mass is 1100 g/mol. The molecule has 0 bridgehead atoms. The van der Waals surface area contributed by atoms with Crippen molar-refractivity contribution in [2.45, 2.75) is 419 Å². The normalized spacial score (nSPS) is 12.0. The Bertz CT molecular complexity index is 1210. The highest BCUT2D eigenvalue weighted by Gasteiger charge is 2.19. The molecule has 0 N–H and O–H groups in total. The molecule has 1 unspecified atom stereocenters. The number of rotatable bonds is 67. The summed E-state index contributed by atoms with van der Waals surface area (Å²) in [5.41, 5.74) is 0. The van der Waals surface area contributed by atoms with Crippen LogP contribution in [0.2, 0.25) is 0 Å². The van der Waals surface area contributed by atoms with Crippen molar-refractivity contribution in [3.63, 3.8) is 0 Å². The van der Waals surface area contributed by atoms with Crippen LogP contribution in [0.4, 0.5) is 0 Å². The van der Waals surface area contributed by atoms with E-state index in [9.17, 15) is 14.4 Å². The number of unbranched alkanes of at least 4 members (excludes halogenated alkanes) is 54. The second-order valence-corrected chi connectivity index (χ2v) is 24.5. The van der Waals surface area contributed by atoms with Crippen molar-refractivity contribution in [2.75, 3.05) is 13.2 Å². The van der Waals surface area contributed by atoms with Crippen LogP contribution in [-0.2, 0) is 28.6 Å². The van der Waals surface area contributed by atoms with Gasteiger partial charge in [-0.2, -0.15) is 0 Å². The lowest BCUT2D eigenvalue weighted by molar-refractivity contribution is -0.167. The molecule has 0 rings (SSSR count). The molecule has 78 heavy (non-hydrogen) atoms. The Balaban J connectivity index is 4.29. The van der Waals surface area contributed by atoms with Crippen LogP contribution in [0.25, 0.3) is 0 Å². The molecule has 0 aromatic heterocycles. The molecule has 0 saturated carbocycles. The smallest absolute Gasteiger partial charge is 0.306 e. The van der Waals surface area contributed by atoms with E-state index >= 15 is 0 Å². The van der Waals surface area contributed by atoms with E-state index in [0.717, 1.165) is 57.8 Å². The van der Waals surface area contributed by atoms with Crippen LogP contribution < -0.4 is 0 Å². The lowest BCUT2D eigenvalue weighted by Gasteiger charge is -2.18. The molecular weight excluding hydrogens is 961 g/mol. The molecule has 0 aromatic rings. The van der Waals surface area contributed by atoms with E-state index in [1.54, 1.807) is 0 Å². The van der Waals surface area contributed by atoms with Crippen molar-refractivity contribution in [3.05, 3.63) is 12.2 Å². The van der Waals surface area contributed by atoms with Gasteiger partial charge in [0.15, 0.2) is 6.10 Å². The Labute approximate surface area is 488 Å². The Kier molecular flexibility index (Phi) is 66.0. The summed E-state index contributed by atoms with van der Waals surface area (Å²) < 4.78 is 17.0. The zero-order chi connectivity index (χ0) is 56.4. The van der Waals surface area contributed by atoms with Crippen molar-refractivity contribution in [2.24, 2.45) is 0 Å². The van der Waals surface area contributed by atoms with Gasteiger partial charge in [0.1, 0.15) is 13.2 Å². The Hall–Kier alpha value is -1.85. The Morgan fingerprint density at radius 3 is 0.641 bits per heavy atom. The van der Waals surface area contributed by atoms with Crippen LogP contribution in [0.15, 0.2) is 12.2 Å². The van der Waals surface area contributed by atoms with E-state index in [1.807, 2.05) is 0 Å². The molecule has 0 aliphatic carbocycles. The lowest BCUT2D eigenvalue weighted by Crippen LogP contribution is -2.30. The molecule has 1 atom stereocenters. The summed E-state index contributed by atoms with van der Waals surface area (Å²) >= 11 is 0. The Morgan fingerprint density at radius 2 is 0.423 bits per heavy atom. The lowest BCUT2D eigenvalue weighted by atomic mass is 10.0. The summed E-state index contributed by atoms with van der Waals surface area (Å²) in [4.78, 5) is 38.5. The molecule has 0 aliphatic rings. The molecule has 0 spiro atoms. The predicted molar refractivity (Wildman–Crippen MR) is 340 cm³/mol. The van der Waals surface area contributed by atoms with Gasteiger partial charge >= 0.3 is 17.9 Å². The first kappa shape index (κ1) is 76.1. The molecule has 6 nitrogen and oxygen atoms in total. The van der Waals surface area contributed by atoms with Crippen molar-refractivity contribution < 1.29 is 28.6 Å². The van der Waals surface area contributed by atoms with Crippen molar-refractivity contribution in [1.82, 2.24) is 0 Å². The first-order valence-corrected chi connectivity index (χ1v) is 35.7. The third kappa shape index (κ3) is 65.0. The van der Waals surface area contributed by atoms with Gasteiger partial charge in [-0.1, -0.05) is 360 Å². The maximum Gasteiger partial charge on any atom is 0.306 e. The van der Waals surface area contributed by atoms with E-state index in [2.05, 4.69) is 32.9 Å². The van der Waals surface area contributed by atoms with Crippen molar-refractivity contribution >= 4 is 17.9 Å². The largest absolute Gasteiger partial charge is 0.462 e. The maximum atomic E-state index is 13.0. The van der Waals surface area contributed by atoms with E-state index < -0.39 is 6.10 Å². The van der Waals surface area contributed by atoms with Crippen LogP contribution >= 0.6 is 0 Å². The second-order valence-electron chi connectivity index (χ2n) is 24.5. The molecule has 462 valence electrons. The summed E-state index contributed by atoms with van der Waals surface area (Å²) in [7, 11) is 0. The van der Waals surface area contributed by atoms with E-state index in [4.69, 9.17) is 14.2 Å². The number of hydrogen-bond acceptors (Lipinski definition) is 6. The van der Waals surface area contributed by atoms with Gasteiger partial charge in [0.2, 0.25) is 0 Å². The number of ether oxygens (including phenoxy) is 3. The van der Waals surface area contributed by atoms with Crippen molar-refractivity contribution in [3.8, 4) is 0 Å². The molecule has 0 amide bonds. The number of carbonyl (C=O) groups is 3. The number of carbonyl (C=O) groups excluding carboxylic acids is 3. The van der Waals surface area contributed by atoms with Gasteiger partial charge in [0.05, 0.1) is 0 Å². The Morgan fingerprint density at radius 1 is 0.244 bits per heavy atom. The van der Waals surface area contributed by atoms with Gasteiger partial charge in [0.25, 0.3) is 0 Å². The SMILES string of the molecule is CCCCCCCCCC/C=C\CCCCCCCCCCCC(=O)OCC(COC(=O)CCCCCCCCCCCCCCCCCCCCC)OC(=O)CCCCCCCCCCCCCCCCCCCCCC. The third-order valence-corrected chi connectivity index (χ3v) is 16.5.